The van der Waals surface area contributed by atoms with Crippen molar-refractivity contribution < 1.29 is 0 Å². The van der Waals surface area contributed by atoms with E-state index < -0.39 is 0 Å². The molecule has 3 aliphatic heterocycles. The van der Waals surface area contributed by atoms with Crippen molar-refractivity contribution in [1.82, 2.24) is 10.2 Å². The number of hydrogen-bond donors (Lipinski definition) is 1. The molecule has 3 aliphatic rings. The van der Waals surface area contributed by atoms with Crippen LogP contribution in [0.15, 0.2) is 0 Å². The Morgan fingerprint density at radius 3 is 2.94 bits per heavy atom. The summed E-state index contributed by atoms with van der Waals surface area (Å²) >= 11 is 2.18. The van der Waals surface area contributed by atoms with E-state index in [1.807, 2.05) is 0 Å². The maximum absolute atomic E-state index is 3.72. The number of likely N-dealkylation sites (tertiary alicyclic amines) is 1. The summed E-state index contributed by atoms with van der Waals surface area (Å²) in [6, 6.07) is 1.68. The first kappa shape index (κ1) is 11.4. The molecule has 0 aromatic heterocycles. The third kappa shape index (κ3) is 2.14. The lowest BCUT2D eigenvalue weighted by atomic mass is 9.94. The van der Waals surface area contributed by atoms with Crippen LogP contribution in [0.25, 0.3) is 0 Å². The zero-order valence-corrected chi connectivity index (χ0v) is 11.1. The van der Waals surface area contributed by atoms with Gasteiger partial charge in [0.05, 0.1) is 0 Å². The summed E-state index contributed by atoms with van der Waals surface area (Å²) in [5, 5.41) is 4.57. The van der Waals surface area contributed by atoms with E-state index in [1.54, 1.807) is 0 Å². The van der Waals surface area contributed by atoms with Gasteiger partial charge in [0.1, 0.15) is 0 Å². The molecule has 3 saturated heterocycles. The molecule has 3 rings (SSSR count). The van der Waals surface area contributed by atoms with E-state index in [4.69, 9.17) is 0 Å². The number of nitrogens with zero attached hydrogens (tertiary/aromatic N) is 1. The normalized spacial score (nSPS) is 45.6. The third-order valence-corrected chi connectivity index (χ3v) is 6.03. The summed E-state index contributed by atoms with van der Waals surface area (Å²) in [4.78, 5) is 2.80. The molecule has 0 saturated carbocycles. The van der Waals surface area contributed by atoms with Crippen LogP contribution in [-0.4, -0.2) is 47.6 Å². The van der Waals surface area contributed by atoms with E-state index in [0.29, 0.717) is 0 Å². The van der Waals surface area contributed by atoms with Gasteiger partial charge in [-0.3, -0.25) is 4.90 Å². The van der Waals surface area contributed by atoms with Crippen LogP contribution in [0.5, 0.6) is 0 Å². The highest BCUT2D eigenvalue weighted by molar-refractivity contribution is 7.99. The van der Waals surface area contributed by atoms with Crippen molar-refractivity contribution >= 4 is 11.8 Å². The fraction of sp³-hybridized carbons (Fsp3) is 1.00. The quantitative estimate of drug-likeness (QED) is 0.754. The molecule has 92 valence electrons. The van der Waals surface area contributed by atoms with Gasteiger partial charge >= 0.3 is 0 Å². The van der Waals surface area contributed by atoms with E-state index in [9.17, 15) is 0 Å². The Balaban J connectivity index is 1.63. The van der Waals surface area contributed by atoms with Crippen LogP contribution in [-0.2, 0) is 0 Å². The molecule has 16 heavy (non-hydrogen) atoms. The Kier molecular flexibility index (Phi) is 3.46. The maximum Gasteiger partial charge on any atom is 0.0235 e. The molecule has 0 aromatic rings. The monoisotopic (exact) mass is 240 g/mol. The van der Waals surface area contributed by atoms with E-state index in [1.165, 1.54) is 51.1 Å². The molecule has 2 unspecified atom stereocenters. The van der Waals surface area contributed by atoms with Crippen molar-refractivity contribution in [3.8, 4) is 0 Å². The van der Waals surface area contributed by atoms with Crippen molar-refractivity contribution in [2.75, 3.05) is 25.4 Å². The van der Waals surface area contributed by atoms with Crippen LogP contribution in [0.4, 0.5) is 0 Å². The summed E-state index contributed by atoms with van der Waals surface area (Å²) in [6.45, 7) is 6.38. The van der Waals surface area contributed by atoms with Crippen molar-refractivity contribution in [1.29, 1.82) is 0 Å². The molecule has 0 aromatic carbocycles. The van der Waals surface area contributed by atoms with Crippen LogP contribution in [0.1, 0.15) is 32.6 Å². The van der Waals surface area contributed by atoms with Gasteiger partial charge in [-0.25, -0.2) is 0 Å². The van der Waals surface area contributed by atoms with Crippen LogP contribution < -0.4 is 5.32 Å². The first-order valence-electron chi connectivity index (χ1n) is 6.93. The highest BCUT2D eigenvalue weighted by Crippen LogP contribution is 2.34. The van der Waals surface area contributed by atoms with Crippen LogP contribution >= 0.6 is 11.8 Å². The summed E-state index contributed by atoms with van der Waals surface area (Å²) in [6.07, 6.45) is 5.72. The van der Waals surface area contributed by atoms with Gasteiger partial charge < -0.3 is 5.32 Å². The topological polar surface area (TPSA) is 15.3 Å². The van der Waals surface area contributed by atoms with Gasteiger partial charge in [-0.2, -0.15) is 11.8 Å². The molecule has 0 aliphatic carbocycles. The van der Waals surface area contributed by atoms with Crippen molar-refractivity contribution in [3.63, 3.8) is 0 Å². The van der Waals surface area contributed by atoms with E-state index >= 15 is 0 Å². The van der Waals surface area contributed by atoms with E-state index in [-0.39, 0.29) is 0 Å². The number of piperidine rings is 1. The minimum absolute atomic E-state index is 0.813. The van der Waals surface area contributed by atoms with Gasteiger partial charge in [0.15, 0.2) is 0 Å². The Labute approximate surface area is 104 Å². The first-order valence-corrected chi connectivity index (χ1v) is 7.98. The highest BCUT2D eigenvalue weighted by atomic mass is 32.2. The lowest BCUT2D eigenvalue weighted by molar-refractivity contribution is 0.215. The van der Waals surface area contributed by atoms with Crippen LogP contribution in [0.3, 0.4) is 0 Å². The molecule has 0 bridgehead atoms. The van der Waals surface area contributed by atoms with Gasteiger partial charge in [-0.05, 0) is 43.9 Å². The number of rotatable bonds is 1. The first-order chi connectivity index (χ1) is 7.84. The minimum Gasteiger partial charge on any atom is -0.312 e. The molecule has 2 nitrogen and oxygen atoms in total. The van der Waals surface area contributed by atoms with Gasteiger partial charge in [0.2, 0.25) is 0 Å². The van der Waals surface area contributed by atoms with Gasteiger partial charge in [-0.1, -0.05) is 6.92 Å². The second kappa shape index (κ2) is 4.87. The molecule has 3 heteroatoms. The Bertz CT molecular complexity index is 232. The molecule has 4 atom stereocenters. The Hall–Kier alpha value is 0.270. The molecule has 3 heterocycles. The fourth-order valence-electron chi connectivity index (χ4n) is 3.74. The molecular weight excluding hydrogens is 216 g/mol. The molecule has 3 fully saturated rings. The van der Waals surface area contributed by atoms with Crippen LogP contribution in [0.2, 0.25) is 0 Å². The SMILES string of the molecule is CC1SCCCC1N1C[C@@H]2CCCN[C@@H]2C1. The lowest BCUT2D eigenvalue weighted by Crippen LogP contribution is -2.44. The smallest absolute Gasteiger partial charge is 0.0235 e. The van der Waals surface area contributed by atoms with Crippen LogP contribution in [0, 0.1) is 5.92 Å². The second-order valence-electron chi connectivity index (χ2n) is 5.70. The highest BCUT2D eigenvalue weighted by Gasteiger charge is 2.39. The fourth-order valence-corrected chi connectivity index (χ4v) is 4.97. The zero-order chi connectivity index (χ0) is 11.0. The van der Waals surface area contributed by atoms with Crippen molar-refractivity contribution in [2.24, 2.45) is 5.92 Å². The molecule has 0 radical (unpaired) electrons. The molecule has 0 amide bonds. The minimum atomic E-state index is 0.813. The second-order valence-corrected chi connectivity index (χ2v) is 7.19. The summed E-state index contributed by atoms with van der Waals surface area (Å²) in [7, 11) is 0. The lowest BCUT2D eigenvalue weighted by Gasteiger charge is -2.35. The maximum atomic E-state index is 3.72. The van der Waals surface area contributed by atoms with Gasteiger partial charge in [0, 0.05) is 30.4 Å². The molecular formula is C13H24N2S. The summed E-state index contributed by atoms with van der Waals surface area (Å²) in [5.74, 6) is 2.34. The largest absolute Gasteiger partial charge is 0.312 e. The van der Waals surface area contributed by atoms with Crippen molar-refractivity contribution in [2.45, 2.75) is 49.9 Å². The Morgan fingerprint density at radius 2 is 2.12 bits per heavy atom. The van der Waals surface area contributed by atoms with E-state index in [0.717, 1.165) is 23.3 Å². The third-order valence-electron chi connectivity index (χ3n) is 4.66. The molecule has 0 spiro atoms. The molecule has 1 N–H and O–H groups in total. The van der Waals surface area contributed by atoms with E-state index in [2.05, 4.69) is 28.9 Å². The number of fused-ring (bicyclic) bond motifs is 1. The number of nitrogens with one attached hydrogen (secondary N) is 1. The standard InChI is InChI=1S/C13H24N2S/c1-10-13(5-3-7-16-10)15-8-11-4-2-6-14-12(11)9-15/h10-14H,2-9H2,1H3/t10?,11-,12+,13?/m0/s1. The average molecular weight is 240 g/mol. The average Bonchev–Trinajstić information content (AvgIpc) is 2.73. The number of hydrogen-bond acceptors (Lipinski definition) is 3. The number of thioether (sulfide) groups is 1. The predicted molar refractivity (Wildman–Crippen MR) is 71.0 cm³/mol. The summed E-state index contributed by atoms with van der Waals surface area (Å²) < 4.78 is 0. The predicted octanol–water partition coefficient (Wildman–Crippen LogP) is 1.95. The van der Waals surface area contributed by atoms with Crippen molar-refractivity contribution in [3.05, 3.63) is 0 Å². The van der Waals surface area contributed by atoms with Gasteiger partial charge in [0.25, 0.3) is 0 Å². The zero-order valence-electron chi connectivity index (χ0n) is 10.3. The summed E-state index contributed by atoms with van der Waals surface area (Å²) in [5.41, 5.74) is 0. The Morgan fingerprint density at radius 1 is 1.19 bits per heavy atom. The van der Waals surface area contributed by atoms with Gasteiger partial charge in [-0.15, -0.1) is 0 Å².